The number of hydrogen-bond donors (Lipinski definition) is 0. The number of ether oxygens (including phenoxy) is 1. The van der Waals surface area contributed by atoms with Crippen LogP contribution in [0.4, 0.5) is 0 Å². The van der Waals surface area contributed by atoms with Gasteiger partial charge in [0.2, 0.25) is 0 Å². The quantitative estimate of drug-likeness (QED) is 0.568. The molecule has 0 saturated heterocycles. The molecule has 1 aromatic rings. The van der Waals surface area contributed by atoms with Crippen molar-refractivity contribution in [3.8, 4) is 11.5 Å². The molecule has 0 aliphatic carbocycles. The molecular formula is C11H15O4P. The third-order valence-corrected chi connectivity index (χ3v) is 3.69. The molecule has 0 N–H and O–H groups in total. The van der Waals surface area contributed by atoms with Crippen molar-refractivity contribution in [1.82, 2.24) is 0 Å². The van der Waals surface area contributed by atoms with Crippen LogP contribution in [0.25, 0.3) is 0 Å². The van der Waals surface area contributed by atoms with Crippen LogP contribution in [0.1, 0.15) is 0 Å². The van der Waals surface area contributed by atoms with Gasteiger partial charge >= 0.3 is 7.60 Å². The molecule has 0 aromatic heterocycles. The van der Waals surface area contributed by atoms with Crippen LogP contribution in [0.15, 0.2) is 36.9 Å². The Morgan fingerprint density at radius 3 is 2.25 bits per heavy atom. The van der Waals surface area contributed by atoms with Crippen molar-refractivity contribution >= 4 is 7.60 Å². The van der Waals surface area contributed by atoms with Crippen LogP contribution in [0.5, 0.6) is 11.5 Å². The maximum absolute atomic E-state index is 12.0. The smallest absolute Gasteiger partial charge is 0.382 e. The Morgan fingerprint density at radius 1 is 1.25 bits per heavy atom. The van der Waals surface area contributed by atoms with E-state index in [0.29, 0.717) is 11.5 Å². The van der Waals surface area contributed by atoms with E-state index in [0.717, 1.165) is 0 Å². The molecule has 0 saturated carbocycles. The van der Waals surface area contributed by atoms with E-state index in [2.05, 4.69) is 6.58 Å². The Morgan fingerprint density at radius 2 is 1.81 bits per heavy atom. The minimum absolute atomic E-state index is 0.176. The lowest BCUT2D eigenvalue weighted by Crippen LogP contribution is -1.98. The topological polar surface area (TPSA) is 44.8 Å². The Labute approximate surface area is 95.4 Å². The van der Waals surface area contributed by atoms with E-state index in [1.54, 1.807) is 31.4 Å². The van der Waals surface area contributed by atoms with Crippen molar-refractivity contribution in [1.29, 1.82) is 0 Å². The molecule has 0 bridgehead atoms. The molecule has 0 aliphatic rings. The van der Waals surface area contributed by atoms with Crippen LogP contribution in [-0.4, -0.2) is 20.4 Å². The molecule has 0 spiro atoms. The normalized spacial score (nSPS) is 13.9. The zero-order valence-corrected chi connectivity index (χ0v) is 10.3. The van der Waals surface area contributed by atoms with E-state index in [9.17, 15) is 4.57 Å². The van der Waals surface area contributed by atoms with E-state index >= 15 is 0 Å². The molecule has 0 aliphatic heterocycles. The first-order valence-corrected chi connectivity index (χ1v) is 6.45. The predicted octanol–water partition coefficient (Wildman–Crippen LogP) is 3.10. The molecule has 1 aromatic carbocycles. The summed E-state index contributed by atoms with van der Waals surface area (Å²) < 4.78 is 27.1. The molecule has 4 nitrogen and oxygen atoms in total. The van der Waals surface area contributed by atoms with Gasteiger partial charge in [-0.05, 0) is 24.3 Å². The largest absolute Gasteiger partial charge is 0.497 e. The number of hydrogen-bond acceptors (Lipinski definition) is 4. The highest BCUT2D eigenvalue weighted by molar-refractivity contribution is 7.54. The zero-order chi connectivity index (χ0) is 12.0. The fourth-order valence-electron chi connectivity index (χ4n) is 1.10. The summed E-state index contributed by atoms with van der Waals surface area (Å²) in [6, 6.07) is 6.80. The molecule has 1 atom stereocenters. The summed E-state index contributed by atoms with van der Waals surface area (Å²) in [5, 5.41) is 0. The standard InChI is InChI=1S/C11H15O4P/c1-4-9-16(12,14-3)15-11-7-5-10(13-2)6-8-11/h4-8H,1,9H2,2-3H3. The summed E-state index contributed by atoms with van der Waals surface area (Å²) in [6.45, 7) is 3.51. The second-order valence-electron chi connectivity index (χ2n) is 3.03. The Hall–Kier alpha value is -1.25. The molecule has 1 rings (SSSR count). The van der Waals surface area contributed by atoms with Crippen molar-refractivity contribution in [3.05, 3.63) is 36.9 Å². The van der Waals surface area contributed by atoms with E-state index in [1.165, 1.54) is 13.2 Å². The summed E-state index contributed by atoms with van der Waals surface area (Å²) in [7, 11) is -0.173. The Balaban J connectivity index is 2.78. The molecule has 88 valence electrons. The van der Waals surface area contributed by atoms with Gasteiger partial charge in [-0.25, -0.2) is 4.57 Å². The van der Waals surface area contributed by atoms with Crippen LogP contribution in [0, 0.1) is 0 Å². The van der Waals surface area contributed by atoms with Crippen LogP contribution >= 0.6 is 7.60 Å². The molecule has 0 fully saturated rings. The number of rotatable bonds is 6. The zero-order valence-electron chi connectivity index (χ0n) is 9.38. The van der Waals surface area contributed by atoms with E-state index in [4.69, 9.17) is 13.8 Å². The predicted molar refractivity (Wildman–Crippen MR) is 63.3 cm³/mol. The van der Waals surface area contributed by atoms with Gasteiger partial charge in [0.05, 0.1) is 13.3 Å². The third kappa shape index (κ3) is 3.40. The highest BCUT2D eigenvalue weighted by atomic mass is 31.2. The molecule has 1 unspecified atom stereocenters. The summed E-state index contributed by atoms with van der Waals surface area (Å²) >= 11 is 0. The van der Waals surface area contributed by atoms with E-state index < -0.39 is 7.60 Å². The van der Waals surface area contributed by atoms with Crippen molar-refractivity contribution in [2.75, 3.05) is 20.4 Å². The second-order valence-corrected chi connectivity index (χ2v) is 5.17. The molecule has 0 radical (unpaired) electrons. The van der Waals surface area contributed by atoms with Gasteiger partial charge in [0.15, 0.2) is 0 Å². The van der Waals surface area contributed by atoms with Crippen molar-refractivity contribution < 1.29 is 18.3 Å². The maximum Gasteiger partial charge on any atom is 0.382 e. The van der Waals surface area contributed by atoms with Crippen LogP contribution in [0.2, 0.25) is 0 Å². The SMILES string of the molecule is C=CCP(=O)(OC)Oc1ccc(OC)cc1. The molecule has 0 amide bonds. The van der Waals surface area contributed by atoms with Gasteiger partial charge in [-0.1, -0.05) is 6.08 Å². The minimum Gasteiger partial charge on any atom is -0.497 e. The monoisotopic (exact) mass is 242 g/mol. The minimum atomic E-state index is -3.10. The highest BCUT2D eigenvalue weighted by Gasteiger charge is 2.22. The first-order valence-electron chi connectivity index (χ1n) is 4.73. The van der Waals surface area contributed by atoms with Crippen molar-refractivity contribution in [3.63, 3.8) is 0 Å². The Kier molecular flexibility index (Phi) is 4.59. The first kappa shape index (κ1) is 12.8. The highest BCUT2D eigenvalue weighted by Crippen LogP contribution is 2.47. The van der Waals surface area contributed by atoms with E-state index in [1.807, 2.05) is 0 Å². The molecular weight excluding hydrogens is 227 g/mol. The first-order chi connectivity index (χ1) is 7.63. The Bertz CT molecular complexity index is 385. The third-order valence-electron chi connectivity index (χ3n) is 1.93. The molecule has 0 heterocycles. The van der Waals surface area contributed by atoms with Gasteiger partial charge < -0.3 is 13.8 Å². The van der Waals surface area contributed by atoms with Gasteiger partial charge in [0, 0.05) is 7.11 Å². The number of methoxy groups -OCH3 is 1. The van der Waals surface area contributed by atoms with Gasteiger partial charge in [-0.15, -0.1) is 6.58 Å². The summed E-state index contributed by atoms with van der Waals surface area (Å²) in [6.07, 6.45) is 1.68. The maximum atomic E-state index is 12.0. The summed E-state index contributed by atoms with van der Waals surface area (Å²) in [4.78, 5) is 0. The van der Waals surface area contributed by atoms with E-state index in [-0.39, 0.29) is 6.16 Å². The van der Waals surface area contributed by atoms with Gasteiger partial charge in [-0.2, -0.15) is 0 Å². The number of allylic oxidation sites excluding steroid dienone is 1. The summed E-state index contributed by atoms with van der Waals surface area (Å²) in [5.41, 5.74) is 0. The van der Waals surface area contributed by atoms with Crippen LogP contribution in [-0.2, 0) is 9.09 Å². The average Bonchev–Trinajstić information content (AvgIpc) is 2.30. The van der Waals surface area contributed by atoms with Crippen LogP contribution < -0.4 is 9.26 Å². The van der Waals surface area contributed by atoms with Gasteiger partial charge in [-0.3, -0.25) is 0 Å². The van der Waals surface area contributed by atoms with Crippen molar-refractivity contribution in [2.24, 2.45) is 0 Å². The second kappa shape index (κ2) is 5.73. The van der Waals surface area contributed by atoms with Gasteiger partial charge in [0.1, 0.15) is 11.5 Å². The lowest BCUT2D eigenvalue weighted by molar-refractivity contribution is 0.325. The average molecular weight is 242 g/mol. The molecule has 5 heteroatoms. The molecule has 16 heavy (non-hydrogen) atoms. The van der Waals surface area contributed by atoms with Crippen molar-refractivity contribution in [2.45, 2.75) is 0 Å². The number of benzene rings is 1. The summed E-state index contributed by atoms with van der Waals surface area (Å²) in [5.74, 6) is 1.19. The van der Waals surface area contributed by atoms with Crippen LogP contribution in [0.3, 0.4) is 0 Å². The fourth-order valence-corrected chi connectivity index (χ4v) is 2.16. The lowest BCUT2D eigenvalue weighted by atomic mass is 10.3. The lowest BCUT2D eigenvalue weighted by Gasteiger charge is -2.15. The fraction of sp³-hybridized carbons (Fsp3) is 0.273. The van der Waals surface area contributed by atoms with Gasteiger partial charge in [0.25, 0.3) is 0 Å².